The monoisotopic (exact) mass is 299 g/mol. The first-order valence-corrected chi connectivity index (χ1v) is 7.10. The molecular formula is C14H15ClFNOS. The van der Waals surface area contributed by atoms with E-state index in [-0.39, 0.29) is 5.82 Å². The molecule has 0 fully saturated rings. The second kappa shape index (κ2) is 5.90. The molecule has 0 saturated heterocycles. The van der Waals surface area contributed by atoms with Gasteiger partial charge in [0.15, 0.2) is 0 Å². The van der Waals surface area contributed by atoms with Gasteiger partial charge in [-0.1, -0.05) is 17.7 Å². The Bertz CT molecular complexity index is 570. The van der Waals surface area contributed by atoms with Gasteiger partial charge in [0.25, 0.3) is 0 Å². The molecule has 0 aliphatic heterocycles. The Morgan fingerprint density at radius 2 is 2.11 bits per heavy atom. The van der Waals surface area contributed by atoms with Gasteiger partial charge in [-0.2, -0.15) is 0 Å². The first-order valence-electron chi connectivity index (χ1n) is 5.91. The molecule has 19 heavy (non-hydrogen) atoms. The first-order chi connectivity index (χ1) is 8.99. The van der Waals surface area contributed by atoms with Crippen molar-refractivity contribution in [2.75, 3.05) is 11.9 Å². The molecule has 0 saturated carbocycles. The highest BCUT2D eigenvalue weighted by atomic mass is 35.5. The molecule has 1 heterocycles. The van der Waals surface area contributed by atoms with E-state index in [1.165, 1.54) is 17.4 Å². The van der Waals surface area contributed by atoms with Crippen LogP contribution in [0.15, 0.2) is 30.3 Å². The lowest BCUT2D eigenvalue weighted by molar-refractivity contribution is 0.194. The van der Waals surface area contributed by atoms with E-state index < -0.39 is 6.10 Å². The van der Waals surface area contributed by atoms with Crippen molar-refractivity contribution in [1.29, 1.82) is 0 Å². The van der Waals surface area contributed by atoms with Crippen LogP contribution in [-0.2, 0) is 6.54 Å². The number of hydrogen-bond donors (Lipinski definition) is 1. The number of thiophene rings is 1. The van der Waals surface area contributed by atoms with E-state index in [4.69, 9.17) is 11.6 Å². The zero-order valence-electron chi connectivity index (χ0n) is 10.7. The van der Waals surface area contributed by atoms with E-state index in [0.717, 1.165) is 9.21 Å². The minimum atomic E-state index is -0.842. The summed E-state index contributed by atoms with van der Waals surface area (Å²) in [6.07, 6.45) is -0.842. The van der Waals surface area contributed by atoms with Gasteiger partial charge in [0.1, 0.15) is 5.82 Å². The van der Waals surface area contributed by atoms with Crippen LogP contribution in [0.2, 0.25) is 4.34 Å². The third-order valence-corrected chi connectivity index (χ3v) is 4.10. The Hall–Kier alpha value is -1.10. The number of aliphatic hydroxyl groups excluding tert-OH is 1. The SMILES string of the molecule is C[C@H](O)c1c(F)cccc1N(C)Cc1ccc(Cl)s1. The minimum Gasteiger partial charge on any atom is -0.389 e. The molecule has 0 radical (unpaired) electrons. The highest BCUT2D eigenvalue weighted by Crippen LogP contribution is 2.30. The number of halogens is 2. The van der Waals surface area contributed by atoms with Gasteiger partial charge < -0.3 is 10.0 Å². The lowest BCUT2D eigenvalue weighted by Crippen LogP contribution is -2.18. The first kappa shape index (κ1) is 14.3. The normalized spacial score (nSPS) is 12.5. The smallest absolute Gasteiger partial charge is 0.131 e. The van der Waals surface area contributed by atoms with Gasteiger partial charge in [-0.05, 0) is 31.2 Å². The van der Waals surface area contributed by atoms with Gasteiger partial charge in [0, 0.05) is 23.2 Å². The Morgan fingerprint density at radius 3 is 2.68 bits per heavy atom. The van der Waals surface area contributed by atoms with Crippen molar-refractivity contribution in [3.8, 4) is 0 Å². The highest BCUT2D eigenvalue weighted by molar-refractivity contribution is 7.16. The van der Waals surface area contributed by atoms with Crippen molar-refractivity contribution < 1.29 is 9.50 Å². The van der Waals surface area contributed by atoms with Crippen LogP contribution >= 0.6 is 22.9 Å². The number of rotatable bonds is 4. The molecule has 0 spiro atoms. The fourth-order valence-corrected chi connectivity index (χ4v) is 3.17. The van der Waals surface area contributed by atoms with E-state index in [1.807, 2.05) is 24.1 Å². The van der Waals surface area contributed by atoms with Crippen molar-refractivity contribution in [2.45, 2.75) is 19.6 Å². The second-order valence-electron chi connectivity index (χ2n) is 4.41. The maximum Gasteiger partial charge on any atom is 0.131 e. The van der Waals surface area contributed by atoms with Crippen LogP contribution in [0.5, 0.6) is 0 Å². The summed E-state index contributed by atoms with van der Waals surface area (Å²) in [5.74, 6) is -0.386. The topological polar surface area (TPSA) is 23.5 Å². The average Bonchev–Trinajstić information content (AvgIpc) is 2.73. The van der Waals surface area contributed by atoms with Crippen molar-refractivity contribution in [2.24, 2.45) is 0 Å². The standard InChI is InChI=1S/C14H15ClFNOS/c1-9(18)14-11(16)4-3-5-12(14)17(2)8-10-6-7-13(15)19-10/h3-7,9,18H,8H2,1-2H3/t9-/m0/s1. The molecule has 2 rings (SSSR count). The van der Waals surface area contributed by atoms with E-state index in [1.54, 1.807) is 19.1 Å². The highest BCUT2D eigenvalue weighted by Gasteiger charge is 2.16. The van der Waals surface area contributed by atoms with Crippen LogP contribution in [0.25, 0.3) is 0 Å². The molecule has 2 aromatic rings. The molecule has 102 valence electrons. The molecule has 1 aromatic heterocycles. The second-order valence-corrected chi connectivity index (χ2v) is 6.21. The molecule has 0 aliphatic rings. The van der Waals surface area contributed by atoms with Crippen LogP contribution in [0.3, 0.4) is 0 Å². The molecule has 0 bridgehead atoms. The molecule has 1 aromatic carbocycles. The van der Waals surface area contributed by atoms with Crippen LogP contribution in [0.4, 0.5) is 10.1 Å². The zero-order valence-corrected chi connectivity index (χ0v) is 12.3. The van der Waals surface area contributed by atoms with E-state index >= 15 is 0 Å². The number of nitrogens with zero attached hydrogens (tertiary/aromatic N) is 1. The number of anilines is 1. The molecule has 2 nitrogen and oxygen atoms in total. The Morgan fingerprint density at radius 1 is 1.37 bits per heavy atom. The summed E-state index contributed by atoms with van der Waals surface area (Å²) < 4.78 is 14.5. The molecule has 5 heteroatoms. The molecule has 1 atom stereocenters. The maximum absolute atomic E-state index is 13.8. The van der Waals surface area contributed by atoms with Crippen LogP contribution < -0.4 is 4.90 Å². The lowest BCUT2D eigenvalue weighted by Gasteiger charge is -2.23. The number of benzene rings is 1. The fraction of sp³-hybridized carbons (Fsp3) is 0.286. The summed E-state index contributed by atoms with van der Waals surface area (Å²) in [7, 11) is 1.87. The van der Waals surface area contributed by atoms with Gasteiger partial charge in [0.2, 0.25) is 0 Å². The lowest BCUT2D eigenvalue weighted by atomic mass is 10.1. The summed E-state index contributed by atoms with van der Waals surface area (Å²) in [4.78, 5) is 3.00. The quantitative estimate of drug-likeness (QED) is 0.913. The molecule has 0 aliphatic carbocycles. The largest absolute Gasteiger partial charge is 0.389 e. The minimum absolute atomic E-state index is 0.327. The van der Waals surface area contributed by atoms with Crippen molar-refractivity contribution in [3.05, 3.63) is 50.9 Å². The molecular weight excluding hydrogens is 285 g/mol. The van der Waals surface area contributed by atoms with E-state index in [2.05, 4.69) is 0 Å². The molecule has 0 amide bonds. The summed E-state index contributed by atoms with van der Waals surface area (Å²) in [6.45, 7) is 2.19. The van der Waals surface area contributed by atoms with Gasteiger partial charge in [-0.25, -0.2) is 4.39 Å². The van der Waals surface area contributed by atoms with E-state index in [0.29, 0.717) is 17.8 Å². The van der Waals surface area contributed by atoms with Crippen LogP contribution in [-0.4, -0.2) is 12.2 Å². The summed E-state index contributed by atoms with van der Waals surface area (Å²) in [5.41, 5.74) is 1.02. The number of hydrogen-bond acceptors (Lipinski definition) is 3. The summed E-state index contributed by atoms with van der Waals surface area (Å²) >= 11 is 7.39. The van der Waals surface area contributed by atoms with Crippen molar-refractivity contribution >= 4 is 28.6 Å². The van der Waals surface area contributed by atoms with Gasteiger partial charge in [-0.3, -0.25) is 0 Å². The Balaban J connectivity index is 2.28. The third kappa shape index (κ3) is 3.26. The van der Waals surface area contributed by atoms with Crippen molar-refractivity contribution in [1.82, 2.24) is 0 Å². The average molecular weight is 300 g/mol. The number of aliphatic hydroxyl groups is 1. The Kier molecular flexibility index (Phi) is 4.45. The fourth-order valence-electron chi connectivity index (χ4n) is 2.03. The predicted molar refractivity (Wildman–Crippen MR) is 78.5 cm³/mol. The third-order valence-electron chi connectivity index (χ3n) is 2.88. The molecule has 0 unspecified atom stereocenters. The summed E-state index contributed by atoms with van der Waals surface area (Å²) in [6, 6.07) is 8.61. The summed E-state index contributed by atoms with van der Waals surface area (Å²) in [5, 5.41) is 9.72. The Labute approximate surface area is 121 Å². The van der Waals surface area contributed by atoms with Gasteiger partial charge in [-0.15, -0.1) is 11.3 Å². The van der Waals surface area contributed by atoms with Gasteiger partial charge in [0.05, 0.1) is 17.0 Å². The maximum atomic E-state index is 13.8. The van der Waals surface area contributed by atoms with Crippen LogP contribution in [0.1, 0.15) is 23.5 Å². The van der Waals surface area contributed by atoms with E-state index in [9.17, 15) is 9.50 Å². The molecule has 1 N–H and O–H groups in total. The predicted octanol–water partition coefficient (Wildman–Crippen LogP) is 4.23. The zero-order chi connectivity index (χ0) is 14.0. The van der Waals surface area contributed by atoms with Crippen LogP contribution in [0, 0.1) is 5.82 Å². The van der Waals surface area contributed by atoms with Crippen molar-refractivity contribution in [3.63, 3.8) is 0 Å². The van der Waals surface area contributed by atoms with Gasteiger partial charge >= 0.3 is 0 Å².